The predicted molar refractivity (Wildman–Crippen MR) is 88.7 cm³/mol. The van der Waals surface area contributed by atoms with E-state index in [-0.39, 0.29) is 11.9 Å². The molecule has 0 amide bonds. The van der Waals surface area contributed by atoms with E-state index in [1.807, 2.05) is 12.1 Å². The zero-order valence-electron chi connectivity index (χ0n) is 12.9. The third-order valence-corrected chi connectivity index (χ3v) is 5.18. The van der Waals surface area contributed by atoms with Crippen molar-refractivity contribution in [2.75, 3.05) is 5.32 Å². The minimum Gasteiger partial charge on any atom is -0.377 e. The molecule has 4 rings (SSSR count). The van der Waals surface area contributed by atoms with Crippen molar-refractivity contribution in [3.8, 4) is 0 Å². The standard InChI is InChI=1S/C20H20FN/c1-12-6-7-13(2)19-18(12)16-4-3-5-17(16)20(22-19)14-8-10-15(21)11-9-14/h3-4,6-11,16-17,20,22H,5H2,1-2H3. The second-order valence-corrected chi connectivity index (χ2v) is 6.52. The lowest BCUT2D eigenvalue weighted by Gasteiger charge is -2.39. The van der Waals surface area contributed by atoms with Crippen LogP contribution in [0, 0.1) is 25.6 Å². The van der Waals surface area contributed by atoms with Gasteiger partial charge in [-0.15, -0.1) is 0 Å². The number of allylic oxidation sites excluding steroid dienone is 2. The number of nitrogens with one attached hydrogen (secondary N) is 1. The van der Waals surface area contributed by atoms with Crippen molar-refractivity contribution in [3.05, 3.63) is 76.6 Å². The highest BCUT2D eigenvalue weighted by atomic mass is 19.1. The van der Waals surface area contributed by atoms with Gasteiger partial charge >= 0.3 is 0 Å². The lowest BCUT2D eigenvalue weighted by molar-refractivity contribution is 0.423. The molecule has 0 fully saturated rings. The Kier molecular flexibility index (Phi) is 3.07. The molecular formula is C20H20FN. The summed E-state index contributed by atoms with van der Waals surface area (Å²) in [7, 11) is 0. The van der Waals surface area contributed by atoms with Crippen LogP contribution in [0.25, 0.3) is 0 Å². The molecule has 0 bridgehead atoms. The van der Waals surface area contributed by atoms with E-state index in [0.717, 1.165) is 6.42 Å². The summed E-state index contributed by atoms with van der Waals surface area (Å²) < 4.78 is 13.2. The maximum atomic E-state index is 13.2. The van der Waals surface area contributed by atoms with Gasteiger partial charge in [0.25, 0.3) is 0 Å². The Morgan fingerprint density at radius 1 is 1.00 bits per heavy atom. The molecule has 3 atom stereocenters. The average molecular weight is 293 g/mol. The van der Waals surface area contributed by atoms with Crippen LogP contribution in [0.2, 0.25) is 0 Å². The monoisotopic (exact) mass is 293 g/mol. The molecule has 1 nitrogen and oxygen atoms in total. The van der Waals surface area contributed by atoms with Crippen molar-refractivity contribution in [2.24, 2.45) is 5.92 Å². The molecule has 0 saturated heterocycles. The molecule has 1 N–H and O–H groups in total. The van der Waals surface area contributed by atoms with Gasteiger partial charge in [-0.25, -0.2) is 4.39 Å². The number of anilines is 1. The number of benzene rings is 2. The number of fused-ring (bicyclic) bond motifs is 3. The normalized spacial score (nSPS) is 25.5. The molecule has 112 valence electrons. The van der Waals surface area contributed by atoms with Crippen LogP contribution >= 0.6 is 0 Å². The molecule has 0 aromatic heterocycles. The fourth-order valence-electron chi connectivity index (χ4n) is 4.04. The fourth-order valence-corrected chi connectivity index (χ4v) is 4.04. The highest BCUT2D eigenvalue weighted by Crippen LogP contribution is 2.51. The van der Waals surface area contributed by atoms with E-state index < -0.39 is 0 Å². The van der Waals surface area contributed by atoms with Gasteiger partial charge in [0.2, 0.25) is 0 Å². The van der Waals surface area contributed by atoms with Crippen LogP contribution in [0.3, 0.4) is 0 Å². The number of hydrogen-bond donors (Lipinski definition) is 1. The van der Waals surface area contributed by atoms with Crippen molar-refractivity contribution in [1.82, 2.24) is 0 Å². The molecular weight excluding hydrogens is 273 g/mol. The first-order chi connectivity index (χ1) is 10.6. The van der Waals surface area contributed by atoms with E-state index in [1.54, 1.807) is 12.1 Å². The van der Waals surface area contributed by atoms with Gasteiger partial charge in [-0.05, 0) is 60.6 Å². The zero-order chi connectivity index (χ0) is 15.3. The molecule has 1 aliphatic carbocycles. The molecule has 2 aliphatic rings. The molecule has 2 heteroatoms. The third kappa shape index (κ3) is 1.98. The smallest absolute Gasteiger partial charge is 0.123 e. The molecule has 0 saturated carbocycles. The molecule has 1 heterocycles. The molecule has 2 aromatic rings. The largest absolute Gasteiger partial charge is 0.377 e. The van der Waals surface area contributed by atoms with Gasteiger partial charge in [0.15, 0.2) is 0 Å². The first kappa shape index (κ1) is 13.6. The minimum absolute atomic E-state index is 0.173. The van der Waals surface area contributed by atoms with E-state index in [4.69, 9.17) is 0 Å². The predicted octanol–water partition coefficient (Wildman–Crippen LogP) is 5.27. The minimum atomic E-state index is -0.173. The van der Waals surface area contributed by atoms with E-state index in [9.17, 15) is 4.39 Å². The molecule has 0 radical (unpaired) electrons. The summed E-state index contributed by atoms with van der Waals surface area (Å²) in [6, 6.07) is 11.6. The van der Waals surface area contributed by atoms with E-state index in [2.05, 4.69) is 43.4 Å². The van der Waals surface area contributed by atoms with Gasteiger partial charge in [-0.3, -0.25) is 0 Å². The number of aryl methyl sites for hydroxylation is 2. The quantitative estimate of drug-likeness (QED) is 0.706. The van der Waals surface area contributed by atoms with Crippen molar-refractivity contribution in [1.29, 1.82) is 0 Å². The van der Waals surface area contributed by atoms with Crippen molar-refractivity contribution < 1.29 is 4.39 Å². The summed E-state index contributed by atoms with van der Waals surface area (Å²) in [6.07, 6.45) is 5.73. The highest BCUT2D eigenvalue weighted by Gasteiger charge is 2.39. The Morgan fingerprint density at radius 2 is 1.73 bits per heavy atom. The zero-order valence-corrected chi connectivity index (χ0v) is 12.9. The first-order valence-corrected chi connectivity index (χ1v) is 7.94. The van der Waals surface area contributed by atoms with Crippen LogP contribution in [-0.2, 0) is 0 Å². The molecule has 0 spiro atoms. The van der Waals surface area contributed by atoms with E-state index >= 15 is 0 Å². The Hall–Kier alpha value is -2.09. The highest BCUT2D eigenvalue weighted by molar-refractivity contribution is 5.66. The van der Waals surface area contributed by atoms with Crippen LogP contribution in [0.5, 0.6) is 0 Å². The third-order valence-electron chi connectivity index (χ3n) is 5.18. The summed E-state index contributed by atoms with van der Waals surface area (Å²) in [4.78, 5) is 0. The maximum absolute atomic E-state index is 13.2. The maximum Gasteiger partial charge on any atom is 0.123 e. The van der Waals surface area contributed by atoms with E-state index in [1.165, 1.54) is 27.9 Å². The Morgan fingerprint density at radius 3 is 2.50 bits per heavy atom. The summed E-state index contributed by atoms with van der Waals surface area (Å²) in [5, 5.41) is 3.75. The van der Waals surface area contributed by atoms with Crippen LogP contribution in [0.15, 0.2) is 48.6 Å². The van der Waals surface area contributed by atoms with Gasteiger partial charge in [0.05, 0.1) is 6.04 Å². The topological polar surface area (TPSA) is 12.0 Å². The van der Waals surface area contributed by atoms with Crippen molar-refractivity contribution >= 4 is 5.69 Å². The van der Waals surface area contributed by atoms with Crippen LogP contribution < -0.4 is 5.32 Å². The second-order valence-electron chi connectivity index (χ2n) is 6.52. The van der Waals surface area contributed by atoms with Gasteiger partial charge in [0.1, 0.15) is 5.82 Å². The summed E-state index contributed by atoms with van der Waals surface area (Å²) in [5.74, 6) is 0.803. The summed E-state index contributed by atoms with van der Waals surface area (Å²) >= 11 is 0. The van der Waals surface area contributed by atoms with Crippen LogP contribution in [0.4, 0.5) is 10.1 Å². The Labute approximate surface area is 130 Å². The SMILES string of the molecule is Cc1ccc(C)c2c1NC(c1ccc(F)cc1)C1CC=CC21. The molecule has 22 heavy (non-hydrogen) atoms. The van der Waals surface area contributed by atoms with Crippen LogP contribution in [-0.4, -0.2) is 0 Å². The van der Waals surface area contributed by atoms with Crippen molar-refractivity contribution in [3.63, 3.8) is 0 Å². The Bertz CT molecular complexity index is 745. The molecule has 2 aromatic carbocycles. The van der Waals surface area contributed by atoms with Gasteiger partial charge in [-0.1, -0.05) is 36.4 Å². The lowest BCUT2D eigenvalue weighted by atomic mass is 9.75. The van der Waals surface area contributed by atoms with Crippen LogP contribution in [0.1, 0.15) is 40.6 Å². The first-order valence-electron chi connectivity index (χ1n) is 7.94. The summed E-state index contributed by atoms with van der Waals surface area (Å²) in [6.45, 7) is 4.35. The second kappa shape index (κ2) is 4.98. The van der Waals surface area contributed by atoms with Gasteiger partial charge < -0.3 is 5.32 Å². The Balaban J connectivity index is 1.84. The number of rotatable bonds is 1. The fraction of sp³-hybridized carbons (Fsp3) is 0.300. The number of halogens is 1. The molecule has 3 unspecified atom stereocenters. The van der Waals surface area contributed by atoms with Gasteiger partial charge in [-0.2, -0.15) is 0 Å². The van der Waals surface area contributed by atoms with E-state index in [0.29, 0.717) is 11.8 Å². The molecule has 1 aliphatic heterocycles. The summed E-state index contributed by atoms with van der Waals surface area (Å²) in [5.41, 5.74) is 6.52. The van der Waals surface area contributed by atoms with Gasteiger partial charge in [0, 0.05) is 11.6 Å². The lowest BCUT2D eigenvalue weighted by Crippen LogP contribution is -2.30. The number of hydrogen-bond acceptors (Lipinski definition) is 1. The van der Waals surface area contributed by atoms with Crippen molar-refractivity contribution in [2.45, 2.75) is 32.2 Å². The average Bonchev–Trinajstić information content (AvgIpc) is 3.00.